The zero-order valence-corrected chi connectivity index (χ0v) is 9.52. The Labute approximate surface area is 98.5 Å². The van der Waals surface area contributed by atoms with Crippen LogP contribution in [0, 0.1) is 0 Å². The largest absolute Gasteiger partial charge is 0.467 e. The third-order valence-electron chi connectivity index (χ3n) is 1.92. The molecule has 5 heteroatoms. The average Bonchev–Trinajstić information content (AvgIpc) is 2.31. The number of aliphatic hydroxyl groups excluding tert-OH is 1. The van der Waals surface area contributed by atoms with Gasteiger partial charge < -0.3 is 9.84 Å². The van der Waals surface area contributed by atoms with Crippen molar-refractivity contribution in [3.05, 3.63) is 34.9 Å². The maximum Gasteiger partial charge on any atom is 0.332 e. The SMILES string of the molecule is COC(=O)C(CO)N=Cc1ccc(Cl)cc1. The minimum absolute atomic E-state index is 0.378. The monoisotopic (exact) mass is 241 g/mol. The second kappa shape index (κ2) is 6.25. The highest BCUT2D eigenvalue weighted by molar-refractivity contribution is 6.30. The molecule has 0 aromatic heterocycles. The number of hydrogen-bond acceptors (Lipinski definition) is 4. The summed E-state index contributed by atoms with van der Waals surface area (Å²) in [5.41, 5.74) is 0.798. The van der Waals surface area contributed by atoms with E-state index in [0.717, 1.165) is 5.56 Å². The molecule has 1 aromatic rings. The summed E-state index contributed by atoms with van der Waals surface area (Å²) in [5, 5.41) is 9.54. The summed E-state index contributed by atoms with van der Waals surface area (Å²) >= 11 is 5.72. The Hall–Kier alpha value is -1.39. The molecule has 1 rings (SSSR count). The molecule has 0 heterocycles. The van der Waals surface area contributed by atoms with Gasteiger partial charge >= 0.3 is 5.97 Å². The van der Waals surface area contributed by atoms with Gasteiger partial charge in [-0.2, -0.15) is 0 Å². The average molecular weight is 242 g/mol. The van der Waals surface area contributed by atoms with Crippen LogP contribution in [0.1, 0.15) is 5.56 Å². The molecule has 16 heavy (non-hydrogen) atoms. The van der Waals surface area contributed by atoms with Crippen LogP contribution < -0.4 is 0 Å². The van der Waals surface area contributed by atoms with Crippen LogP contribution in [0.4, 0.5) is 0 Å². The van der Waals surface area contributed by atoms with E-state index >= 15 is 0 Å². The van der Waals surface area contributed by atoms with E-state index in [1.165, 1.54) is 13.3 Å². The Morgan fingerprint density at radius 3 is 2.69 bits per heavy atom. The number of hydrogen-bond donors (Lipinski definition) is 1. The molecule has 0 radical (unpaired) electrons. The fourth-order valence-electron chi connectivity index (χ4n) is 1.04. The van der Waals surface area contributed by atoms with Crippen molar-refractivity contribution >= 4 is 23.8 Å². The number of rotatable bonds is 4. The van der Waals surface area contributed by atoms with Gasteiger partial charge in [-0.1, -0.05) is 23.7 Å². The van der Waals surface area contributed by atoms with Crippen LogP contribution in [0.2, 0.25) is 5.02 Å². The lowest BCUT2D eigenvalue weighted by molar-refractivity contribution is -0.142. The molecule has 0 aliphatic rings. The van der Waals surface area contributed by atoms with E-state index in [-0.39, 0.29) is 6.61 Å². The lowest BCUT2D eigenvalue weighted by Gasteiger charge is -2.05. The zero-order chi connectivity index (χ0) is 12.0. The molecule has 0 bridgehead atoms. The molecule has 0 spiro atoms. The molecular weight excluding hydrogens is 230 g/mol. The molecule has 86 valence electrons. The number of carbonyl (C=O) groups excluding carboxylic acids is 1. The van der Waals surface area contributed by atoms with Gasteiger partial charge in [-0.3, -0.25) is 4.99 Å². The summed E-state index contributed by atoms with van der Waals surface area (Å²) in [6, 6.07) is 6.08. The van der Waals surface area contributed by atoms with E-state index in [1.54, 1.807) is 24.3 Å². The molecule has 0 amide bonds. The number of ether oxygens (including phenoxy) is 1. The number of halogens is 1. The molecule has 1 atom stereocenters. The third kappa shape index (κ3) is 3.64. The van der Waals surface area contributed by atoms with Gasteiger partial charge in [0.1, 0.15) is 0 Å². The molecule has 0 saturated carbocycles. The highest BCUT2D eigenvalue weighted by Crippen LogP contribution is 2.08. The second-order valence-electron chi connectivity index (χ2n) is 3.05. The molecule has 1 unspecified atom stereocenters. The number of benzene rings is 1. The van der Waals surface area contributed by atoms with Crippen molar-refractivity contribution in [3.8, 4) is 0 Å². The van der Waals surface area contributed by atoms with E-state index in [0.29, 0.717) is 5.02 Å². The normalized spacial score (nSPS) is 12.7. The van der Waals surface area contributed by atoms with Gasteiger partial charge in [-0.25, -0.2) is 4.79 Å². The Kier molecular flexibility index (Phi) is 4.95. The summed E-state index contributed by atoms with van der Waals surface area (Å²) in [4.78, 5) is 15.0. The van der Waals surface area contributed by atoms with E-state index in [1.807, 2.05) is 0 Å². The van der Waals surface area contributed by atoms with Crippen molar-refractivity contribution < 1.29 is 14.6 Å². The number of methoxy groups -OCH3 is 1. The van der Waals surface area contributed by atoms with Crippen molar-refractivity contribution in [1.82, 2.24) is 0 Å². The maximum absolute atomic E-state index is 11.1. The first-order valence-corrected chi connectivity index (χ1v) is 5.02. The molecular formula is C11H12ClNO3. The highest BCUT2D eigenvalue weighted by atomic mass is 35.5. The first-order valence-electron chi connectivity index (χ1n) is 4.65. The Morgan fingerprint density at radius 1 is 1.56 bits per heavy atom. The molecule has 0 aliphatic heterocycles. The highest BCUT2D eigenvalue weighted by Gasteiger charge is 2.15. The molecule has 4 nitrogen and oxygen atoms in total. The van der Waals surface area contributed by atoms with E-state index < -0.39 is 12.0 Å². The van der Waals surface area contributed by atoms with Gasteiger partial charge in [0.2, 0.25) is 0 Å². The summed E-state index contributed by atoms with van der Waals surface area (Å²) in [6.07, 6.45) is 1.49. The summed E-state index contributed by atoms with van der Waals surface area (Å²) in [7, 11) is 1.25. The van der Waals surface area contributed by atoms with Crippen molar-refractivity contribution in [2.24, 2.45) is 4.99 Å². The van der Waals surface area contributed by atoms with Crippen molar-refractivity contribution in [2.75, 3.05) is 13.7 Å². The molecule has 1 aromatic carbocycles. The zero-order valence-electron chi connectivity index (χ0n) is 8.76. The van der Waals surface area contributed by atoms with Gasteiger partial charge in [-0.05, 0) is 17.7 Å². The number of aliphatic imine (C=N–C) groups is 1. The number of nitrogens with zero attached hydrogens (tertiary/aromatic N) is 1. The molecule has 1 N–H and O–H groups in total. The Morgan fingerprint density at radius 2 is 2.19 bits per heavy atom. The third-order valence-corrected chi connectivity index (χ3v) is 2.17. The standard InChI is InChI=1S/C11H12ClNO3/c1-16-11(15)10(7-14)13-6-8-2-4-9(12)5-3-8/h2-6,10,14H,7H2,1H3. The van der Waals surface area contributed by atoms with Crippen molar-refractivity contribution in [2.45, 2.75) is 6.04 Å². The van der Waals surface area contributed by atoms with Crippen molar-refractivity contribution in [3.63, 3.8) is 0 Å². The minimum Gasteiger partial charge on any atom is -0.467 e. The quantitative estimate of drug-likeness (QED) is 0.638. The van der Waals surface area contributed by atoms with Gasteiger partial charge in [0.25, 0.3) is 0 Å². The van der Waals surface area contributed by atoms with Crippen LogP contribution in [-0.4, -0.2) is 37.0 Å². The fraction of sp³-hybridized carbons (Fsp3) is 0.273. The van der Waals surface area contributed by atoms with Gasteiger partial charge in [0.05, 0.1) is 13.7 Å². The van der Waals surface area contributed by atoms with Crippen LogP contribution in [0.5, 0.6) is 0 Å². The van der Waals surface area contributed by atoms with E-state index in [4.69, 9.17) is 16.7 Å². The Bertz CT molecular complexity index is 375. The van der Waals surface area contributed by atoms with Crippen LogP contribution in [-0.2, 0) is 9.53 Å². The van der Waals surface area contributed by atoms with E-state index in [9.17, 15) is 4.79 Å². The van der Waals surface area contributed by atoms with Crippen LogP contribution in [0.25, 0.3) is 0 Å². The number of esters is 1. The first kappa shape index (κ1) is 12.7. The Balaban J connectivity index is 2.71. The summed E-state index contributed by atoms with van der Waals surface area (Å²) < 4.78 is 4.48. The van der Waals surface area contributed by atoms with E-state index in [2.05, 4.69) is 9.73 Å². The van der Waals surface area contributed by atoms with Crippen molar-refractivity contribution in [1.29, 1.82) is 0 Å². The van der Waals surface area contributed by atoms with Gasteiger partial charge in [-0.15, -0.1) is 0 Å². The second-order valence-corrected chi connectivity index (χ2v) is 3.49. The predicted molar refractivity (Wildman–Crippen MR) is 61.9 cm³/mol. The lowest BCUT2D eigenvalue weighted by Crippen LogP contribution is -2.24. The number of aliphatic hydroxyl groups is 1. The molecule has 0 saturated heterocycles. The van der Waals surface area contributed by atoms with Crippen LogP contribution in [0.15, 0.2) is 29.3 Å². The van der Waals surface area contributed by atoms with Crippen LogP contribution >= 0.6 is 11.6 Å². The number of carbonyl (C=O) groups is 1. The van der Waals surface area contributed by atoms with Gasteiger partial charge in [0, 0.05) is 11.2 Å². The first-order chi connectivity index (χ1) is 7.67. The lowest BCUT2D eigenvalue weighted by atomic mass is 10.2. The minimum atomic E-state index is -0.874. The van der Waals surface area contributed by atoms with Gasteiger partial charge in [0.15, 0.2) is 6.04 Å². The maximum atomic E-state index is 11.1. The topological polar surface area (TPSA) is 58.9 Å². The molecule has 0 fully saturated rings. The molecule has 0 aliphatic carbocycles. The predicted octanol–water partition coefficient (Wildman–Crippen LogP) is 1.29. The van der Waals surface area contributed by atoms with Crippen LogP contribution in [0.3, 0.4) is 0 Å². The fourth-order valence-corrected chi connectivity index (χ4v) is 1.17. The summed E-state index contributed by atoms with van der Waals surface area (Å²) in [6.45, 7) is -0.378. The summed E-state index contributed by atoms with van der Waals surface area (Å²) in [5.74, 6) is -0.562. The smallest absolute Gasteiger partial charge is 0.332 e.